The van der Waals surface area contributed by atoms with E-state index in [1.54, 1.807) is 0 Å². The molecule has 3 rings (SSSR count). The summed E-state index contributed by atoms with van der Waals surface area (Å²) in [6.07, 6.45) is 34.3. The molecule has 0 unspecified atom stereocenters. The molecule has 0 fully saturated rings. The van der Waals surface area contributed by atoms with Crippen molar-refractivity contribution in [3.63, 3.8) is 0 Å². The molecule has 0 bridgehead atoms. The molecule has 3 aromatic carbocycles. The van der Waals surface area contributed by atoms with Crippen LogP contribution in [0.1, 0.15) is 126 Å². The molecule has 53 heavy (non-hydrogen) atoms. The van der Waals surface area contributed by atoms with Crippen LogP contribution in [0.25, 0.3) is 36.5 Å². The Labute approximate surface area is 347 Å². The van der Waals surface area contributed by atoms with Crippen LogP contribution >= 0.6 is 47.8 Å². The maximum absolute atomic E-state index is 8.82. The van der Waals surface area contributed by atoms with E-state index < -0.39 is 0 Å². The standard InChI is InChI=1S/C21H30.C18H24O3.C6H3Br3.C2H6/c1-4-7-10-13-19-16-20(14-11-8-5-2)18-21(17-19)15-12-9-6-3;19-10-4-1-7-16-13-17(8-2-5-11-20)15-18(14-16)9-3-6-12-21;7-4-1-5(8)3-6(9)2-4;1-2/h10-18H,4-9H2,1-3H3;1-3,7-9,13-15,19-21H,4-6,10-12H2;1-3H;1-2H3/b13-10+,14-11+,15-12+;7-1+,8-2+,9-3+;;. The number of hydrogen-bond acceptors (Lipinski definition) is 3. The summed E-state index contributed by atoms with van der Waals surface area (Å²) in [7, 11) is 0. The van der Waals surface area contributed by atoms with Gasteiger partial charge in [-0.2, -0.15) is 0 Å². The number of benzene rings is 3. The van der Waals surface area contributed by atoms with Gasteiger partial charge in [0.05, 0.1) is 0 Å². The Morgan fingerprint density at radius 2 is 0.547 bits per heavy atom. The largest absolute Gasteiger partial charge is 0.396 e. The summed E-state index contributed by atoms with van der Waals surface area (Å²) in [4.78, 5) is 0. The van der Waals surface area contributed by atoms with E-state index in [0.717, 1.165) is 49.4 Å². The molecule has 3 N–H and O–H groups in total. The van der Waals surface area contributed by atoms with E-state index >= 15 is 0 Å². The summed E-state index contributed by atoms with van der Waals surface area (Å²) in [5.41, 5.74) is 7.12. The second-order valence-electron chi connectivity index (χ2n) is 11.8. The van der Waals surface area contributed by atoms with Gasteiger partial charge < -0.3 is 15.3 Å². The molecule has 0 atom stereocenters. The van der Waals surface area contributed by atoms with Gasteiger partial charge in [0.2, 0.25) is 0 Å². The van der Waals surface area contributed by atoms with Crippen molar-refractivity contribution in [2.75, 3.05) is 19.8 Å². The Morgan fingerprint density at radius 3 is 0.717 bits per heavy atom. The zero-order chi connectivity index (χ0) is 39.5. The SMILES string of the molecule is Brc1cc(Br)cc(Br)c1.CC.CCC/C=C/c1cc(/C=C/CCC)cc(/C=C/CCC)c1.OCC/C=C/c1cc(/C=C/CCO)cc(/C=C/CCO)c1. The van der Waals surface area contributed by atoms with E-state index in [-0.39, 0.29) is 19.8 Å². The van der Waals surface area contributed by atoms with Crippen molar-refractivity contribution in [1.29, 1.82) is 0 Å². The van der Waals surface area contributed by atoms with Crippen molar-refractivity contribution in [1.82, 2.24) is 0 Å². The molecule has 290 valence electrons. The van der Waals surface area contributed by atoms with Crippen molar-refractivity contribution in [2.45, 2.75) is 92.4 Å². The predicted molar refractivity (Wildman–Crippen MR) is 248 cm³/mol. The number of halogens is 3. The van der Waals surface area contributed by atoms with Crippen LogP contribution in [0.4, 0.5) is 0 Å². The van der Waals surface area contributed by atoms with E-state index in [9.17, 15) is 0 Å². The molecule has 6 heteroatoms. The monoisotopic (exact) mass is 912 g/mol. The van der Waals surface area contributed by atoms with Crippen molar-refractivity contribution in [3.05, 3.63) is 138 Å². The number of rotatable bonds is 18. The van der Waals surface area contributed by atoms with E-state index in [1.165, 1.54) is 36.0 Å². The van der Waals surface area contributed by atoms with Gasteiger partial charge in [-0.15, -0.1) is 0 Å². The first-order valence-electron chi connectivity index (χ1n) is 19.0. The van der Waals surface area contributed by atoms with Gasteiger partial charge >= 0.3 is 0 Å². The second-order valence-corrected chi connectivity index (χ2v) is 14.5. The zero-order valence-electron chi connectivity index (χ0n) is 32.6. The minimum atomic E-state index is 0.149. The fourth-order valence-electron chi connectivity index (χ4n) is 4.54. The predicted octanol–water partition coefficient (Wildman–Crippen LogP) is 15.0. The molecular formula is C47H63Br3O3. The molecule has 0 aromatic heterocycles. The Bertz CT molecular complexity index is 1240. The quantitative estimate of drug-likeness (QED) is 0.119. The third-order valence-electron chi connectivity index (χ3n) is 6.94. The Kier molecular flexibility index (Phi) is 33.4. The Morgan fingerprint density at radius 1 is 0.358 bits per heavy atom. The van der Waals surface area contributed by atoms with Crippen molar-refractivity contribution in [3.8, 4) is 0 Å². The van der Waals surface area contributed by atoms with Gasteiger partial charge in [0.1, 0.15) is 0 Å². The van der Waals surface area contributed by atoms with Gasteiger partial charge in [0.25, 0.3) is 0 Å². The first-order chi connectivity index (χ1) is 25.8. The molecule has 0 aliphatic heterocycles. The lowest BCUT2D eigenvalue weighted by molar-refractivity contribution is 0.302. The first-order valence-corrected chi connectivity index (χ1v) is 21.4. The van der Waals surface area contributed by atoms with Crippen molar-refractivity contribution >= 4 is 84.2 Å². The number of aliphatic hydroxyl groups excluding tert-OH is 3. The smallest absolute Gasteiger partial charge is 0.0465 e. The number of hydrogen-bond donors (Lipinski definition) is 3. The van der Waals surface area contributed by atoms with Gasteiger partial charge in [-0.25, -0.2) is 0 Å². The molecule has 0 saturated heterocycles. The molecule has 0 heterocycles. The van der Waals surface area contributed by atoms with E-state index in [2.05, 4.69) is 141 Å². The van der Waals surface area contributed by atoms with Gasteiger partial charge in [0.15, 0.2) is 0 Å². The van der Waals surface area contributed by atoms with Crippen molar-refractivity contribution < 1.29 is 15.3 Å². The highest BCUT2D eigenvalue weighted by atomic mass is 79.9. The molecule has 3 nitrogen and oxygen atoms in total. The fourth-order valence-corrected chi connectivity index (χ4v) is 6.94. The molecular weight excluding hydrogens is 852 g/mol. The highest BCUT2D eigenvalue weighted by Crippen LogP contribution is 2.23. The maximum atomic E-state index is 8.82. The molecule has 0 amide bonds. The molecule has 0 saturated carbocycles. The normalized spacial score (nSPS) is 11.4. The van der Waals surface area contributed by atoms with E-state index in [4.69, 9.17) is 15.3 Å². The molecule has 0 aliphatic rings. The minimum absolute atomic E-state index is 0.149. The lowest BCUT2D eigenvalue weighted by atomic mass is 10.0. The van der Waals surface area contributed by atoms with Crippen LogP contribution in [-0.4, -0.2) is 35.1 Å². The summed E-state index contributed by atoms with van der Waals surface area (Å²) in [5.74, 6) is 0. The summed E-state index contributed by atoms with van der Waals surface area (Å²) < 4.78 is 3.22. The number of unbranched alkanes of at least 4 members (excludes halogenated alkanes) is 3. The highest BCUT2D eigenvalue weighted by Gasteiger charge is 1.97. The van der Waals surface area contributed by atoms with E-state index in [1.807, 2.05) is 68.5 Å². The lowest BCUT2D eigenvalue weighted by Crippen LogP contribution is -1.83. The van der Waals surface area contributed by atoms with Crippen LogP contribution in [0.5, 0.6) is 0 Å². The molecule has 0 aliphatic carbocycles. The van der Waals surface area contributed by atoms with Crippen LogP contribution in [0.2, 0.25) is 0 Å². The van der Waals surface area contributed by atoms with Gasteiger partial charge in [-0.3, -0.25) is 0 Å². The summed E-state index contributed by atoms with van der Waals surface area (Å²) in [6.45, 7) is 11.1. The average molecular weight is 916 g/mol. The third kappa shape index (κ3) is 27.6. The van der Waals surface area contributed by atoms with Crippen LogP contribution in [0, 0.1) is 0 Å². The third-order valence-corrected chi connectivity index (χ3v) is 8.32. The van der Waals surface area contributed by atoms with Gasteiger partial charge in [0, 0.05) is 33.2 Å². The van der Waals surface area contributed by atoms with Crippen LogP contribution < -0.4 is 0 Å². The molecule has 3 aromatic rings. The van der Waals surface area contributed by atoms with Crippen molar-refractivity contribution in [2.24, 2.45) is 0 Å². The highest BCUT2D eigenvalue weighted by molar-refractivity contribution is 9.11. The lowest BCUT2D eigenvalue weighted by Gasteiger charge is -2.02. The number of allylic oxidation sites excluding steroid dienone is 3. The topological polar surface area (TPSA) is 60.7 Å². The molecule has 0 spiro atoms. The first kappa shape index (κ1) is 50.4. The van der Waals surface area contributed by atoms with Gasteiger partial charge in [-0.1, -0.05) is 175 Å². The minimum Gasteiger partial charge on any atom is -0.396 e. The van der Waals surface area contributed by atoms with E-state index in [0.29, 0.717) is 19.3 Å². The summed E-state index contributed by atoms with van der Waals surface area (Å²) in [5, 5.41) is 26.5. The maximum Gasteiger partial charge on any atom is 0.0465 e. The summed E-state index contributed by atoms with van der Waals surface area (Å²) in [6, 6.07) is 19.0. The van der Waals surface area contributed by atoms with Crippen LogP contribution in [0.3, 0.4) is 0 Å². The summed E-state index contributed by atoms with van der Waals surface area (Å²) >= 11 is 10.1. The Hall–Kier alpha value is -2.58. The number of aliphatic hydroxyl groups is 3. The average Bonchev–Trinajstić information content (AvgIpc) is 3.13. The van der Waals surface area contributed by atoms with Gasteiger partial charge in [-0.05, 0) is 127 Å². The second kappa shape index (κ2) is 35.1. The fraction of sp³-hybridized carbons (Fsp3) is 0.362. The Balaban J connectivity index is 0.000000799. The molecule has 0 radical (unpaired) electrons. The zero-order valence-corrected chi connectivity index (χ0v) is 37.3. The van der Waals surface area contributed by atoms with Crippen LogP contribution in [-0.2, 0) is 0 Å². The van der Waals surface area contributed by atoms with Crippen LogP contribution in [0.15, 0.2) is 104 Å².